The highest BCUT2D eigenvalue weighted by atomic mass is 15.2. The van der Waals surface area contributed by atoms with E-state index < -0.39 is 0 Å². The number of nitrogens with zero attached hydrogens (tertiary/aromatic N) is 4. The summed E-state index contributed by atoms with van der Waals surface area (Å²) in [5, 5.41) is 13.9. The number of fused-ring (bicyclic) bond motifs is 1. The Bertz CT molecular complexity index is 966. The zero-order chi connectivity index (χ0) is 18.6. The topological polar surface area (TPSA) is 64.8 Å². The third-order valence-corrected chi connectivity index (χ3v) is 5.19. The lowest BCUT2D eigenvalue weighted by molar-refractivity contribution is 0.524. The lowest BCUT2D eigenvalue weighted by atomic mass is 10.0. The Kier molecular flexibility index (Phi) is 4.88. The molecule has 3 aromatic rings. The molecular weight excluding hydrogens is 334 g/mol. The summed E-state index contributed by atoms with van der Waals surface area (Å²) >= 11 is 0. The van der Waals surface area contributed by atoms with Crippen molar-refractivity contribution >= 4 is 22.4 Å². The van der Waals surface area contributed by atoms with Gasteiger partial charge in [0.2, 0.25) is 0 Å². The summed E-state index contributed by atoms with van der Waals surface area (Å²) in [5.74, 6) is 0.954. The summed E-state index contributed by atoms with van der Waals surface area (Å²) in [6, 6.07) is 16.9. The number of hydrogen-bond donors (Lipinski definition) is 1. The fourth-order valence-corrected chi connectivity index (χ4v) is 3.64. The quantitative estimate of drug-likeness (QED) is 0.760. The van der Waals surface area contributed by atoms with Crippen molar-refractivity contribution in [1.82, 2.24) is 9.97 Å². The molecule has 1 aromatic carbocycles. The number of anilines is 2. The first-order valence-corrected chi connectivity index (χ1v) is 9.53. The van der Waals surface area contributed by atoms with Crippen molar-refractivity contribution < 1.29 is 0 Å². The maximum Gasteiger partial charge on any atom is 0.128 e. The molecule has 0 amide bonds. The van der Waals surface area contributed by atoms with Crippen molar-refractivity contribution in [1.29, 1.82) is 5.26 Å². The molecule has 0 aliphatic carbocycles. The number of nitrogens with one attached hydrogen (secondary N) is 1. The number of nitriles is 1. The van der Waals surface area contributed by atoms with E-state index in [1.54, 1.807) is 6.20 Å². The Morgan fingerprint density at radius 1 is 1.19 bits per heavy atom. The minimum Gasteiger partial charge on any atom is -0.382 e. The Balaban J connectivity index is 1.46. The van der Waals surface area contributed by atoms with Crippen LogP contribution in [0, 0.1) is 11.3 Å². The normalized spacial score (nSPS) is 14.9. The largest absolute Gasteiger partial charge is 0.382 e. The van der Waals surface area contributed by atoms with E-state index in [0.29, 0.717) is 11.6 Å². The van der Waals surface area contributed by atoms with Crippen LogP contribution in [0.1, 0.15) is 31.0 Å². The molecule has 27 heavy (non-hydrogen) atoms. The van der Waals surface area contributed by atoms with Crippen LogP contribution in [0.4, 0.5) is 11.5 Å². The molecule has 1 aliphatic heterocycles. The molecule has 0 bridgehead atoms. The molecule has 1 aliphatic rings. The summed E-state index contributed by atoms with van der Waals surface area (Å²) < 4.78 is 0. The standard InChI is InChI=1S/C22H23N5/c1-2-17-13-21(19-5-3-4-6-20(19)25-17)26-18-9-11-27(12-10-18)22-8-7-16(14-23)15-24-22/h3-8,13,15,18H,2,9-12H2,1H3,(H,25,26). The number of piperidine rings is 1. The van der Waals surface area contributed by atoms with Gasteiger partial charge in [0.1, 0.15) is 11.9 Å². The SMILES string of the molecule is CCc1cc(NC2CCN(c3ccc(C#N)cn3)CC2)c2ccccc2n1. The lowest BCUT2D eigenvalue weighted by Gasteiger charge is -2.34. The smallest absolute Gasteiger partial charge is 0.128 e. The van der Waals surface area contributed by atoms with E-state index in [0.717, 1.165) is 49.4 Å². The molecule has 1 saturated heterocycles. The highest BCUT2D eigenvalue weighted by Gasteiger charge is 2.21. The van der Waals surface area contributed by atoms with Gasteiger partial charge in [-0.3, -0.25) is 4.98 Å². The van der Waals surface area contributed by atoms with Crippen LogP contribution in [0.25, 0.3) is 10.9 Å². The molecule has 0 radical (unpaired) electrons. The first kappa shape index (κ1) is 17.3. The van der Waals surface area contributed by atoms with Gasteiger partial charge in [0, 0.05) is 42.1 Å². The van der Waals surface area contributed by atoms with E-state index in [1.807, 2.05) is 18.2 Å². The van der Waals surface area contributed by atoms with Crippen LogP contribution in [0.15, 0.2) is 48.7 Å². The second-order valence-corrected chi connectivity index (χ2v) is 6.95. The van der Waals surface area contributed by atoms with E-state index >= 15 is 0 Å². The van der Waals surface area contributed by atoms with E-state index in [-0.39, 0.29) is 0 Å². The molecule has 2 aromatic heterocycles. The van der Waals surface area contributed by atoms with Crippen molar-refractivity contribution in [3.05, 3.63) is 59.9 Å². The van der Waals surface area contributed by atoms with Crippen LogP contribution in [0.3, 0.4) is 0 Å². The number of hydrogen-bond acceptors (Lipinski definition) is 5. The molecule has 0 unspecified atom stereocenters. The van der Waals surface area contributed by atoms with Crippen LogP contribution >= 0.6 is 0 Å². The molecule has 0 saturated carbocycles. The number of aromatic nitrogens is 2. The van der Waals surface area contributed by atoms with E-state index in [4.69, 9.17) is 10.2 Å². The molecule has 5 nitrogen and oxygen atoms in total. The minimum absolute atomic E-state index is 0.440. The highest BCUT2D eigenvalue weighted by Crippen LogP contribution is 2.27. The van der Waals surface area contributed by atoms with E-state index in [9.17, 15) is 0 Å². The molecule has 1 N–H and O–H groups in total. The lowest BCUT2D eigenvalue weighted by Crippen LogP contribution is -2.39. The van der Waals surface area contributed by atoms with Crippen LogP contribution in [-0.4, -0.2) is 29.1 Å². The Hall–Kier alpha value is -3.13. The predicted molar refractivity (Wildman–Crippen MR) is 109 cm³/mol. The van der Waals surface area contributed by atoms with Crippen molar-refractivity contribution in [2.45, 2.75) is 32.2 Å². The third kappa shape index (κ3) is 3.70. The number of pyridine rings is 2. The summed E-state index contributed by atoms with van der Waals surface area (Å²) in [7, 11) is 0. The third-order valence-electron chi connectivity index (χ3n) is 5.19. The molecule has 4 rings (SSSR count). The van der Waals surface area contributed by atoms with Crippen molar-refractivity contribution in [2.75, 3.05) is 23.3 Å². The fourth-order valence-electron chi connectivity index (χ4n) is 3.64. The Labute approximate surface area is 159 Å². The molecule has 136 valence electrons. The molecule has 0 atom stereocenters. The monoisotopic (exact) mass is 357 g/mol. The van der Waals surface area contributed by atoms with Crippen LogP contribution in [0.5, 0.6) is 0 Å². The number of aryl methyl sites for hydroxylation is 1. The maximum atomic E-state index is 8.91. The number of benzene rings is 1. The summed E-state index contributed by atoms with van der Waals surface area (Å²) in [6.07, 6.45) is 4.69. The molecule has 5 heteroatoms. The van der Waals surface area contributed by atoms with E-state index in [2.05, 4.69) is 52.5 Å². The first-order valence-electron chi connectivity index (χ1n) is 9.53. The van der Waals surface area contributed by atoms with Gasteiger partial charge in [-0.15, -0.1) is 0 Å². The average Bonchev–Trinajstić information content (AvgIpc) is 2.74. The van der Waals surface area contributed by atoms with Crippen LogP contribution < -0.4 is 10.2 Å². The number of para-hydroxylation sites is 1. The molecular formula is C22H23N5. The van der Waals surface area contributed by atoms with Gasteiger partial charge in [0.05, 0.1) is 11.1 Å². The van der Waals surface area contributed by atoms with Gasteiger partial charge >= 0.3 is 0 Å². The van der Waals surface area contributed by atoms with Crippen molar-refractivity contribution in [2.24, 2.45) is 0 Å². The maximum absolute atomic E-state index is 8.91. The van der Waals surface area contributed by atoms with E-state index in [1.165, 1.54) is 11.1 Å². The fraction of sp³-hybridized carbons (Fsp3) is 0.318. The van der Waals surface area contributed by atoms with Gasteiger partial charge in [-0.05, 0) is 43.5 Å². The highest BCUT2D eigenvalue weighted by molar-refractivity contribution is 5.91. The van der Waals surface area contributed by atoms with Gasteiger partial charge in [-0.25, -0.2) is 4.98 Å². The second-order valence-electron chi connectivity index (χ2n) is 6.95. The van der Waals surface area contributed by atoms with Gasteiger partial charge in [-0.1, -0.05) is 25.1 Å². The van der Waals surface area contributed by atoms with Crippen molar-refractivity contribution in [3.8, 4) is 6.07 Å². The second kappa shape index (κ2) is 7.63. The van der Waals surface area contributed by atoms with Gasteiger partial charge in [0.25, 0.3) is 0 Å². The number of rotatable bonds is 4. The first-order chi connectivity index (χ1) is 13.3. The minimum atomic E-state index is 0.440. The zero-order valence-electron chi connectivity index (χ0n) is 15.5. The summed E-state index contributed by atoms with van der Waals surface area (Å²) in [6.45, 7) is 4.06. The summed E-state index contributed by atoms with van der Waals surface area (Å²) in [4.78, 5) is 11.4. The van der Waals surface area contributed by atoms with Crippen LogP contribution in [-0.2, 0) is 6.42 Å². The van der Waals surface area contributed by atoms with Gasteiger partial charge in [-0.2, -0.15) is 5.26 Å². The zero-order valence-corrected chi connectivity index (χ0v) is 15.5. The molecule has 1 fully saturated rings. The Morgan fingerprint density at radius 2 is 2.00 bits per heavy atom. The summed E-state index contributed by atoms with van der Waals surface area (Å²) in [5.41, 5.74) is 3.97. The van der Waals surface area contributed by atoms with Gasteiger partial charge < -0.3 is 10.2 Å². The predicted octanol–water partition coefficient (Wildman–Crippen LogP) is 4.14. The van der Waals surface area contributed by atoms with Crippen LogP contribution in [0.2, 0.25) is 0 Å². The Morgan fingerprint density at radius 3 is 2.70 bits per heavy atom. The molecule has 3 heterocycles. The molecule has 0 spiro atoms. The van der Waals surface area contributed by atoms with Gasteiger partial charge in [0.15, 0.2) is 0 Å². The van der Waals surface area contributed by atoms with Crippen molar-refractivity contribution in [3.63, 3.8) is 0 Å². The average molecular weight is 357 g/mol.